The second kappa shape index (κ2) is 10.0. The lowest BCUT2D eigenvalue weighted by Gasteiger charge is -2.18. The van der Waals surface area contributed by atoms with E-state index in [1.807, 2.05) is 0 Å². The van der Waals surface area contributed by atoms with Gasteiger partial charge in [0.2, 0.25) is 20.0 Å². The zero-order valence-electron chi connectivity index (χ0n) is 19.1. The molecule has 0 aromatic heterocycles. The summed E-state index contributed by atoms with van der Waals surface area (Å²) in [5, 5.41) is 2.77. The van der Waals surface area contributed by atoms with Crippen molar-refractivity contribution in [3.63, 3.8) is 0 Å². The fourth-order valence-electron chi connectivity index (χ4n) is 4.23. The van der Waals surface area contributed by atoms with Crippen LogP contribution in [0, 0.1) is 0 Å². The second-order valence-electron chi connectivity index (χ2n) is 8.41. The number of amides is 1. The Morgan fingerprint density at radius 3 is 1.97 bits per heavy atom. The molecule has 0 spiro atoms. The summed E-state index contributed by atoms with van der Waals surface area (Å²) in [6, 6.07) is 10.8. The second-order valence-corrected chi connectivity index (χ2v) is 12.3. The lowest BCUT2D eigenvalue weighted by Crippen LogP contribution is -2.29. The van der Waals surface area contributed by atoms with Gasteiger partial charge in [0.25, 0.3) is 5.91 Å². The van der Waals surface area contributed by atoms with Crippen molar-refractivity contribution >= 4 is 26.0 Å². The van der Waals surface area contributed by atoms with Gasteiger partial charge in [-0.2, -0.15) is 8.61 Å². The van der Waals surface area contributed by atoms with Crippen LogP contribution in [0.4, 0.5) is 0 Å². The normalized spacial score (nSPS) is 17.7. The highest BCUT2D eigenvalue weighted by Gasteiger charge is 2.31. The van der Waals surface area contributed by atoms with Crippen LogP contribution in [-0.4, -0.2) is 64.6 Å². The van der Waals surface area contributed by atoms with Crippen LogP contribution in [0.25, 0.3) is 0 Å². The van der Waals surface area contributed by atoms with Gasteiger partial charge in [-0.05, 0) is 61.6 Å². The monoisotopic (exact) mass is 507 g/mol. The summed E-state index contributed by atoms with van der Waals surface area (Å²) in [7, 11) is -5.86. The number of sulfonamides is 2. The topological polar surface area (TPSA) is 113 Å². The van der Waals surface area contributed by atoms with Crippen molar-refractivity contribution in [2.24, 2.45) is 0 Å². The maximum absolute atomic E-state index is 13.0. The number of hydrogen-bond donors (Lipinski definition) is 1. The Bertz CT molecular complexity index is 1250. The highest BCUT2D eigenvalue weighted by molar-refractivity contribution is 7.89. The van der Waals surface area contributed by atoms with Crippen LogP contribution in [0.5, 0.6) is 5.75 Å². The van der Waals surface area contributed by atoms with E-state index in [1.165, 1.54) is 33.9 Å². The highest BCUT2D eigenvalue weighted by atomic mass is 32.2. The molecule has 34 heavy (non-hydrogen) atoms. The third-order valence-corrected chi connectivity index (χ3v) is 10.0. The smallest absolute Gasteiger partial charge is 0.251 e. The zero-order chi connectivity index (χ0) is 24.3. The summed E-state index contributed by atoms with van der Waals surface area (Å²) >= 11 is 0. The molecule has 11 heteroatoms. The summed E-state index contributed by atoms with van der Waals surface area (Å²) in [5.41, 5.74) is 0.930. The first kappa shape index (κ1) is 24.6. The van der Waals surface area contributed by atoms with Crippen molar-refractivity contribution in [2.45, 2.75) is 42.0 Å². The standard InChI is InChI=1S/C23H29N3O6S2/c1-32-21-11-8-19(16-22(21)34(30,31)26-14-4-5-15-26)23(27)24-17-18-6-9-20(10-7-18)33(28,29)25-12-2-3-13-25/h6-11,16H,2-5,12-15,17H2,1H3,(H,24,27). The lowest BCUT2D eigenvalue weighted by atomic mass is 10.2. The average molecular weight is 508 g/mol. The molecule has 0 unspecified atom stereocenters. The molecule has 2 saturated heterocycles. The van der Waals surface area contributed by atoms with Gasteiger partial charge in [0.05, 0.1) is 12.0 Å². The van der Waals surface area contributed by atoms with Crippen LogP contribution < -0.4 is 10.1 Å². The molecule has 2 fully saturated rings. The zero-order valence-corrected chi connectivity index (χ0v) is 20.7. The molecular weight excluding hydrogens is 478 g/mol. The molecular formula is C23H29N3O6S2. The summed E-state index contributed by atoms with van der Waals surface area (Å²) < 4.78 is 59.5. The molecule has 184 valence electrons. The summed E-state index contributed by atoms with van der Waals surface area (Å²) in [6.07, 6.45) is 3.35. The fourth-order valence-corrected chi connectivity index (χ4v) is 7.44. The van der Waals surface area contributed by atoms with Gasteiger partial charge in [0, 0.05) is 38.3 Å². The maximum atomic E-state index is 13.0. The van der Waals surface area contributed by atoms with Gasteiger partial charge in [0.1, 0.15) is 10.6 Å². The fraction of sp³-hybridized carbons (Fsp3) is 0.435. The molecule has 2 heterocycles. The van der Waals surface area contributed by atoms with E-state index in [2.05, 4.69) is 5.32 Å². The predicted octanol–water partition coefficient (Wildman–Crippen LogP) is 2.19. The molecule has 0 bridgehead atoms. The highest BCUT2D eigenvalue weighted by Crippen LogP contribution is 2.30. The third-order valence-electron chi connectivity index (χ3n) is 6.19. The van der Waals surface area contributed by atoms with Gasteiger partial charge in [-0.25, -0.2) is 16.8 Å². The molecule has 9 nitrogen and oxygen atoms in total. The molecule has 0 saturated carbocycles. The number of carbonyl (C=O) groups is 1. The molecule has 1 N–H and O–H groups in total. The number of rotatable bonds is 8. The van der Waals surface area contributed by atoms with Crippen LogP contribution in [-0.2, 0) is 26.6 Å². The Balaban J connectivity index is 1.46. The van der Waals surface area contributed by atoms with Crippen LogP contribution in [0.1, 0.15) is 41.6 Å². The van der Waals surface area contributed by atoms with E-state index in [9.17, 15) is 21.6 Å². The molecule has 2 aromatic carbocycles. The first-order chi connectivity index (χ1) is 16.2. The number of ether oxygens (including phenoxy) is 1. The SMILES string of the molecule is COc1ccc(C(=O)NCc2ccc(S(=O)(=O)N3CCCC3)cc2)cc1S(=O)(=O)N1CCCC1. The number of nitrogens with zero attached hydrogens (tertiary/aromatic N) is 2. The Kier molecular flexibility index (Phi) is 7.27. The molecule has 2 aliphatic heterocycles. The summed E-state index contributed by atoms with van der Waals surface area (Å²) in [5.74, 6) is -0.243. The molecule has 1 amide bonds. The Labute approximate surface area is 200 Å². The van der Waals surface area contributed by atoms with Gasteiger partial charge < -0.3 is 10.1 Å². The Morgan fingerprint density at radius 2 is 1.41 bits per heavy atom. The number of nitrogens with one attached hydrogen (secondary N) is 1. The van der Waals surface area contributed by atoms with Crippen molar-refractivity contribution in [2.75, 3.05) is 33.3 Å². The Hall–Kier alpha value is -2.47. The molecule has 0 atom stereocenters. The lowest BCUT2D eigenvalue weighted by molar-refractivity contribution is 0.0950. The summed E-state index contributed by atoms with van der Waals surface area (Å²) in [4.78, 5) is 13.0. The average Bonchev–Trinajstić information content (AvgIpc) is 3.57. The van der Waals surface area contributed by atoms with Crippen molar-refractivity contribution in [1.82, 2.24) is 13.9 Å². The van der Waals surface area contributed by atoms with Crippen molar-refractivity contribution < 1.29 is 26.4 Å². The first-order valence-corrected chi connectivity index (χ1v) is 14.2. The van der Waals surface area contributed by atoms with Crippen LogP contribution in [0.2, 0.25) is 0 Å². The van der Waals surface area contributed by atoms with Gasteiger partial charge in [-0.3, -0.25) is 4.79 Å². The van der Waals surface area contributed by atoms with Gasteiger partial charge in [-0.1, -0.05) is 12.1 Å². The number of methoxy groups -OCH3 is 1. The number of benzene rings is 2. The van der Waals surface area contributed by atoms with Crippen molar-refractivity contribution in [3.8, 4) is 5.75 Å². The molecule has 2 aliphatic rings. The minimum atomic E-state index is -3.76. The van der Waals surface area contributed by atoms with E-state index in [4.69, 9.17) is 4.74 Å². The van der Waals surface area contributed by atoms with Gasteiger partial charge in [-0.15, -0.1) is 0 Å². The van der Waals surface area contributed by atoms with E-state index in [0.717, 1.165) is 31.2 Å². The third kappa shape index (κ3) is 4.97. The van der Waals surface area contributed by atoms with E-state index >= 15 is 0 Å². The van der Waals surface area contributed by atoms with Crippen molar-refractivity contribution in [3.05, 3.63) is 53.6 Å². The molecule has 2 aromatic rings. The number of carbonyl (C=O) groups excluding carboxylic acids is 1. The maximum Gasteiger partial charge on any atom is 0.251 e. The number of hydrogen-bond acceptors (Lipinski definition) is 6. The molecule has 0 aliphatic carbocycles. The molecule has 0 radical (unpaired) electrons. The first-order valence-electron chi connectivity index (χ1n) is 11.3. The minimum Gasteiger partial charge on any atom is -0.495 e. The van der Waals surface area contributed by atoms with E-state index < -0.39 is 26.0 Å². The van der Waals surface area contributed by atoms with Crippen LogP contribution in [0.3, 0.4) is 0 Å². The summed E-state index contributed by atoms with van der Waals surface area (Å²) in [6.45, 7) is 2.15. The predicted molar refractivity (Wildman–Crippen MR) is 127 cm³/mol. The van der Waals surface area contributed by atoms with Gasteiger partial charge >= 0.3 is 0 Å². The van der Waals surface area contributed by atoms with E-state index in [0.29, 0.717) is 26.2 Å². The Morgan fingerprint density at radius 1 is 0.853 bits per heavy atom. The van der Waals surface area contributed by atoms with Crippen LogP contribution >= 0.6 is 0 Å². The van der Waals surface area contributed by atoms with Gasteiger partial charge in [0.15, 0.2) is 0 Å². The van der Waals surface area contributed by atoms with E-state index in [-0.39, 0.29) is 27.6 Å². The largest absolute Gasteiger partial charge is 0.495 e. The van der Waals surface area contributed by atoms with Crippen molar-refractivity contribution in [1.29, 1.82) is 0 Å². The van der Waals surface area contributed by atoms with Crippen LogP contribution in [0.15, 0.2) is 52.3 Å². The quantitative estimate of drug-likeness (QED) is 0.586. The minimum absolute atomic E-state index is 0.0268. The van der Waals surface area contributed by atoms with E-state index in [1.54, 1.807) is 24.3 Å². The molecule has 4 rings (SSSR count).